The smallest absolute Gasteiger partial charge is 0.248 e. The van der Waals surface area contributed by atoms with E-state index in [0.717, 1.165) is 17.7 Å². The number of nitrogens with two attached hydrogens (primary N) is 1. The summed E-state index contributed by atoms with van der Waals surface area (Å²) < 4.78 is 27.6. The lowest BCUT2D eigenvalue weighted by molar-refractivity contribution is 0.1000. The van der Waals surface area contributed by atoms with Gasteiger partial charge in [-0.25, -0.2) is 8.78 Å². The minimum absolute atomic E-state index is 0.234. The Kier molecular flexibility index (Phi) is 4.59. The topological polar surface area (TPSA) is 66.6 Å². The van der Waals surface area contributed by atoms with Crippen LogP contribution >= 0.6 is 0 Å². The maximum absolute atomic E-state index is 14.1. The summed E-state index contributed by atoms with van der Waals surface area (Å²) in [6.07, 6.45) is -0.285. The predicted octanol–water partition coefficient (Wildman–Crippen LogP) is 2.37. The molecule has 3 rings (SSSR count). The molecule has 24 heavy (non-hydrogen) atoms. The summed E-state index contributed by atoms with van der Waals surface area (Å²) in [5.41, 5.74) is 6.73. The number of halogens is 2. The number of aliphatic hydroxyl groups is 1. The van der Waals surface area contributed by atoms with E-state index < -0.39 is 29.7 Å². The van der Waals surface area contributed by atoms with Crippen LogP contribution in [-0.2, 0) is 6.54 Å². The zero-order valence-electron chi connectivity index (χ0n) is 13.0. The van der Waals surface area contributed by atoms with Crippen molar-refractivity contribution in [3.8, 4) is 0 Å². The molecule has 1 aliphatic rings. The Morgan fingerprint density at radius 1 is 1.25 bits per heavy atom. The Bertz CT molecular complexity index is 766. The first-order chi connectivity index (χ1) is 11.4. The molecular weight excluding hydrogens is 314 g/mol. The molecule has 2 atom stereocenters. The third kappa shape index (κ3) is 3.44. The van der Waals surface area contributed by atoms with Crippen LogP contribution in [0.5, 0.6) is 0 Å². The third-order valence-electron chi connectivity index (χ3n) is 4.30. The Hall–Kier alpha value is -2.31. The maximum atomic E-state index is 14.1. The SMILES string of the molecule is NC(=O)c1cccc(CN2CC(O)CC2c2cc(F)ccc2F)c1. The van der Waals surface area contributed by atoms with Gasteiger partial charge in [-0.1, -0.05) is 12.1 Å². The maximum Gasteiger partial charge on any atom is 0.248 e. The predicted molar refractivity (Wildman–Crippen MR) is 85.1 cm³/mol. The monoisotopic (exact) mass is 332 g/mol. The number of rotatable bonds is 4. The standard InChI is InChI=1S/C18H18F2N2O2/c19-13-4-5-16(20)15(7-13)17-8-14(23)10-22(17)9-11-2-1-3-12(6-11)18(21)24/h1-7,14,17,23H,8-10H2,(H2,21,24). The number of hydrogen-bond acceptors (Lipinski definition) is 3. The van der Waals surface area contributed by atoms with E-state index in [1.807, 2.05) is 11.0 Å². The second kappa shape index (κ2) is 6.67. The summed E-state index contributed by atoms with van der Waals surface area (Å²) in [4.78, 5) is 13.2. The van der Waals surface area contributed by atoms with Crippen LogP contribution in [0.3, 0.4) is 0 Å². The van der Waals surface area contributed by atoms with Crippen molar-refractivity contribution in [2.24, 2.45) is 5.73 Å². The Labute approximate surface area is 138 Å². The van der Waals surface area contributed by atoms with Crippen LogP contribution in [0.1, 0.15) is 33.9 Å². The molecule has 2 unspecified atom stereocenters. The normalized spacial score (nSPS) is 21.1. The molecule has 3 N–H and O–H groups in total. The van der Waals surface area contributed by atoms with Gasteiger partial charge >= 0.3 is 0 Å². The second-order valence-corrected chi connectivity index (χ2v) is 6.07. The van der Waals surface area contributed by atoms with Crippen molar-refractivity contribution < 1.29 is 18.7 Å². The van der Waals surface area contributed by atoms with Gasteiger partial charge in [-0.3, -0.25) is 9.69 Å². The van der Waals surface area contributed by atoms with Crippen LogP contribution in [0.25, 0.3) is 0 Å². The number of primary amides is 1. The van der Waals surface area contributed by atoms with Crippen molar-refractivity contribution in [1.29, 1.82) is 0 Å². The van der Waals surface area contributed by atoms with E-state index in [9.17, 15) is 18.7 Å². The van der Waals surface area contributed by atoms with Gasteiger partial charge in [0, 0.05) is 30.3 Å². The first kappa shape index (κ1) is 16.5. The van der Waals surface area contributed by atoms with E-state index in [4.69, 9.17) is 5.73 Å². The first-order valence-electron chi connectivity index (χ1n) is 7.70. The molecule has 0 aromatic heterocycles. The largest absolute Gasteiger partial charge is 0.392 e. The van der Waals surface area contributed by atoms with Crippen LogP contribution in [0.2, 0.25) is 0 Å². The van der Waals surface area contributed by atoms with Gasteiger partial charge in [0.2, 0.25) is 5.91 Å². The van der Waals surface area contributed by atoms with Gasteiger partial charge in [0.05, 0.1) is 6.10 Å². The highest BCUT2D eigenvalue weighted by atomic mass is 19.1. The fraction of sp³-hybridized carbons (Fsp3) is 0.278. The lowest BCUT2D eigenvalue weighted by atomic mass is 10.0. The lowest BCUT2D eigenvalue weighted by Crippen LogP contribution is -2.25. The molecule has 126 valence electrons. The van der Waals surface area contributed by atoms with Crippen molar-refractivity contribution >= 4 is 5.91 Å². The molecule has 0 aliphatic carbocycles. The number of benzene rings is 2. The highest BCUT2D eigenvalue weighted by Crippen LogP contribution is 2.35. The van der Waals surface area contributed by atoms with Gasteiger partial charge in [-0.05, 0) is 42.3 Å². The molecule has 4 nitrogen and oxygen atoms in total. The minimum atomic E-state index is -0.614. The summed E-state index contributed by atoms with van der Waals surface area (Å²) in [6.45, 7) is 0.750. The average molecular weight is 332 g/mol. The lowest BCUT2D eigenvalue weighted by Gasteiger charge is -2.25. The van der Waals surface area contributed by atoms with Crippen LogP contribution < -0.4 is 5.73 Å². The minimum Gasteiger partial charge on any atom is -0.392 e. The van der Waals surface area contributed by atoms with Gasteiger partial charge in [0.25, 0.3) is 0 Å². The van der Waals surface area contributed by atoms with Crippen molar-refractivity contribution in [1.82, 2.24) is 4.90 Å². The number of carbonyl (C=O) groups excluding carboxylic acids is 1. The number of hydrogen-bond donors (Lipinski definition) is 2. The molecule has 0 bridgehead atoms. The van der Waals surface area contributed by atoms with Gasteiger partial charge in [0.15, 0.2) is 0 Å². The Morgan fingerprint density at radius 3 is 2.79 bits per heavy atom. The van der Waals surface area contributed by atoms with Crippen molar-refractivity contribution in [2.45, 2.75) is 25.1 Å². The first-order valence-corrected chi connectivity index (χ1v) is 7.70. The number of nitrogens with zero attached hydrogens (tertiary/aromatic N) is 1. The summed E-state index contributed by atoms with van der Waals surface area (Å²) in [5, 5.41) is 9.98. The molecule has 2 aromatic rings. The fourth-order valence-electron chi connectivity index (χ4n) is 3.21. The molecule has 0 saturated carbocycles. The van der Waals surface area contributed by atoms with Crippen molar-refractivity contribution in [3.05, 3.63) is 70.8 Å². The highest BCUT2D eigenvalue weighted by molar-refractivity contribution is 5.92. The number of likely N-dealkylation sites (tertiary alicyclic amines) is 1. The number of aliphatic hydroxyl groups excluding tert-OH is 1. The van der Waals surface area contributed by atoms with E-state index in [-0.39, 0.29) is 5.56 Å². The van der Waals surface area contributed by atoms with Gasteiger partial charge in [0.1, 0.15) is 11.6 Å². The van der Waals surface area contributed by atoms with E-state index >= 15 is 0 Å². The molecule has 1 aliphatic heterocycles. The molecule has 1 heterocycles. The van der Waals surface area contributed by atoms with E-state index in [1.165, 1.54) is 6.07 Å². The quantitative estimate of drug-likeness (QED) is 0.903. The molecule has 0 spiro atoms. The highest BCUT2D eigenvalue weighted by Gasteiger charge is 2.33. The molecule has 6 heteroatoms. The van der Waals surface area contributed by atoms with Crippen LogP contribution in [-0.4, -0.2) is 28.6 Å². The van der Waals surface area contributed by atoms with Crippen molar-refractivity contribution in [2.75, 3.05) is 6.54 Å². The van der Waals surface area contributed by atoms with Gasteiger partial charge < -0.3 is 10.8 Å². The number of amides is 1. The second-order valence-electron chi connectivity index (χ2n) is 6.07. The molecular formula is C18H18F2N2O2. The molecule has 0 radical (unpaired) electrons. The van der Waals surface area contributed by atoms with Crippen LogP contribution in [0, 0.1) is 11.6 Å². The fourth-order valence-corrected chi connectivity index (χ4v) is 3.21. The van der Waals surface area contributed by atoms with Gasteiger partial charge in [-0.15, -0.1) is 0 Å². The summed E-state index contributed by atoms with van der Waals surface area (Å²) >= 11 is 0. The molecule has 1 amide bonds. The Morgan fingerprint density at radius 2 is 2.04 bits per heavy atom. The van der Waals surface area contributed by atoms with E-state index in [1.54, 1.807) is 18.2 Å². The van der Waals surface area contributed by atoms with Crippen LogP contribution in [0.15, 0.2) is 42.5 Å². The summed E-state index contributed by atoms with van der Waals surface area (Å²) in [7, 11) is 0. The van der Waals surface area contributed by atoms with Crippen LogP contribution in [0.4, 0.5) is 8.78 Å². The zero-order valence-corrected chi connectivity index (χ0v) is 13.0. The number of β-amino-alcohol motifs (C(OH)–C–C–N with tert-alkyl or cyclic N) is 1. The summed E-state index contributed by atoms with van der Waals surface area (Å²) in [6, 6.07) is 9.76. The van der Waals surface area contributed by atoms with Gasteiger partial charge in [-0.2, -0.15) is 0 Å². The van der Waals surface area contributed by atoms with E-state index in [0.29, 0.717) is 25.1 Å². The average Bonchev–Trinajstić information content (AvgIpc) is 2.90. The van der Waals surface area contributed by atoms with E-state index in [2.05, 4.69) is 0 Å². The molecule has 1 saturated heterocycles. The Balaban J connectivity index is 1.87. The number of carbonyl (C=O) groups is 1. The zero-order chi connectivity index (χ0) is 17.3. The van der Waals surface area contributed by atoms with Crippen molar-refractivity contribution in [3.63, 3.8) is 0 Å². The summed E-state index contributed by atoms with van der Waals surface area (Å²) in [5.74, 6) is -1.53. The third-order valence-corrected chi connectivity index (χ3v) is 4.30. The molecule has 1 fully saturated rings. The molecule has 2 aromatic carbocycles.